The molecule has 0 saturated carbocycles. The Labute approximate surface area is 162 Å². The summed E-state index contributed by atoms with van der Waals surface area (Å²) in [5.74, 6) is 0.511. The third-order valence-corrected chi connectivity index (χ3v) is 5.13. The molecule has 0 saturated heterocycles. The van der Waals surface area contributed by atoms with Gasteiger partial charge in [0.1, 0.15) is 5.75 Å². The molecule has 0 aromatic heterocycles. The van der Waals surface area contributed by atoms with Gasteiger partial charge in [-0.2, -0.15) is 0 Å². The van der Waals surface area contributed by atoms with Gasteiger partial charge in [-0.3, -0.25) is 0 Å². The van der Waals surface area contributed by atoms with E-state index in [1.807, 2.05) is 6.07 Å². The molecule has 0 fully saturated rings. The molecule has 1 unspecified atom stereocenters. The summed E-state index contributed by atoms with van der Waals surface area (Å²) < 4.78 is 5.79. The summed E-state index contributed by atoms with van der Waals surface area (Å²) in [6.07, 6.45) is 7.03. The quantitative estimate of drug-likeness (QED) is 0.607. The summed E-state index contributed by atoms with van der Waals surface area (Å²) in [5.41, 5.74) is 4.33. The van der Waals surface area contributed by atoms with Crippen molar-refractivity contribution in [3.63, 3.8) is 0 Å². The van der Waals surface area contributed by atoms with Gasteiger partial charge in [0.15, 0.2) is 0 Å². The van der Waals surface area contributed by atoms with Crippen molar-refractivity contribution in [1.82, 2.24) is 0 Å². The van der Waals surface area contributed by atoms with Crippen LogP contribution in [-0.2, 0) is 4.65 Å². The van der Waals surface area contributed by atoms with Crippen molar-refractivity contribution in [3.8, 4) is 5.75 Å². The van der Waals surface area contributed by atoms with Crippen molar-refractivity contribution in [2.45, 2.75) is 52.5 Å². The third-order valence-electron chi connectivity index (χ3n) is 4.80. The number of benzene rings is 1. The molecule has 26 heavy (non-hydrogen) atoms. The van der Waals surface area contributed by atoms with Gasteiger partial charge >= 0.3 is 7.12 Å². The monoisotopic (exact) mass is 374 g/mol. The Balaban J connectivity index is 2.12. The van der Waals surface area contributed by atoms with E-state index in [9.17, 15) is 10.1 Å². The first-order valence-electron chi connectivity index (χ1n) is 9.22. The predicted molar refractivity (Wildman–Crippen MR) is 110 cm³/mol. The maximum absolute atomic E-state index is 9.89. The van der Waals surface area contributed by atoms with Crippen molar-refractivity contribution < 1.29 is 14.8 Å². The Bertz CT molecular complexity index is 709. The van der Waals surface area contributed by atoms with Crippen LogP contribution in [0.5, 0.6) is 5.75 Å². The SMILES string of the molecule is C=C(C1=CCB(O)OC1CC/C(=C/c1ccc(O)cc1Cl)CC)C(C)C. The number of phenols is 1. The topological polar surface area (TPSA) is 49.7 Å². The average molecular weight is 375 g/mol. The molecule has 140 valence electrons. The maximum atomic E-state index is 9.89. The number of allylic oxidation sites excluding steroid dienone is 2. The van der Waals surface area contributed by atoms with Crippen molar-refractivity contribution in [3.05, 3.63) is 58.2 Å². The van der Waals surface area contributed by atoms with Gasteiger partial charge in [-0.05, 0) is 60.1 Å². The molecule has 2 N–H and O–H groups in total. The van der Waals surface area contributed by atoms with Gasteiger partial charge in [0.05, 0.1) is 11.1 Å². The van der Waals surface area contributed by atoms with E-state index in [0.717, 1.165) is 36.0 Å². The summed E-state index contributed by atoms with van der Waals surface area (Å²) in [5, 5.41) is 19.9. The maximum Gasteiger partial charge on any atom is 0.458 e. The van der Waals surface area contributed by atoms with Crippen molar-refractivity contribution in [2.24, 2.45) is 5.92 Å². The zero-order valence-corrected chi connectivity index (χ0v) is 16.6. The van der Waals surface area contributed by atoms with E-state index in [2.05, 4.69) is 39.5 Å². The van der Waals surface area contributed by atoms with Crippen molar-refractivity contribution in [2.75, 3.05) is 0 Å². The molecule has 1 heterocycles. The second-order valence-corrected chi connectivity index (χ2v) is 7.46. The van der Waals surface area contributed by atoms with E-state index >= 15 is 0 Å². The van der Waals surface area contributed by atoms with Crippen LogP contribution in [0.15, 0.2) is 47.6 Å². The molecule has 3 nitrogen and oxygen atoms in total. The summed E-state index contributed by atoms with van der Waals surface area (Å²) in [7, 11) is -0.746. The van der Waals surface area contributed by atoms with Crippen LogP contribution in [0.3, 0.4) is 0 Å². The summed E-state index contributed by atoms with van der Waals surface area (Å²) in [4.78, 5) is 0. The highest BCUT2D eigenvalue weighted by Crippen LogP contribution is 2.32. The minimum atomic E-state index is -0.746. The zero-order chi connectivity index (χ0) is 19.3. The highest BCUT2D eigenvalue weighted by molar-refractivity contribution is 6.43. The standard InChI is InChI=1S/C21H28BClO3/c1-5-16(12-17-7-8-18(24)13-20(17)23)6-9-21-19(15(4)14(2)3)10-11-22(25)26-21/h7-8,10,12-14,21,24-25H,4-6,9,11H2,1-3H3/b16-12+. The first-order chi connectivity index (χ1) is 12.3. The largest absolute Gasteiger partial charge is 0.508 e. The molecule has 1 aromatic carbocycles. The smallest absolute Gasteiger partial charge is 0.458 e. The van der Waals surface area contributed by atoms with Crippen LogP contribution in [0.2, 0.25) is 11.3 Å². The normalized spacial score (nSPS) is 18.2. The van der Waals surface area contributed by atoms with Crippen LogP contribution in [0, 0.1) is 5.92 Å². The highest BCUT2D eigenvalue weighted by atomic mass is 35.5. The van der Waals surface area contributed by atoms with Gasteiger partial charge in [-0.15, -0.1) is 0 Å². The summed E-state index contributed by atoms with van der Waals surface area (Å²) in [6, 6.07) is 5.01. The molecule has 0 amide bonds. The number of halogens is 1. The van der Waals surface area contributed by atoms with Gasteiger partial charge in [0, 0.05) is 6.32 Å². The van der Waals surface area contributed by atoms with E-state index in [0.29, 0.717) is 17.3 Å². The Morgan fingerprint density at radius 2 is 2.19 bits per heavy atom. The van der Waals surface area contributed by atoms with Gasteiger partial charge in [0.25, 0.3) is 0 Å². The zero-order valence-electron chi connectivity index (χ0n) is 15.8. The fraction of sp³-hybridized carbons (Fsp3) is 0.429. The second-order valence-electron chi connectivity index (χ2n) is 7.06. The predicted octanol–water partition coefficient (Wildman–Crippen LogP) is 5.64. The lowest BCUT2D eigenvalue weighted by Gasteiger charge is -2.29. The Kier molecular flexibility index (Phi) is 7.57. The lowest BCUT2D eigenvalue weighted by molar-refractivity contribution is 0.182. The van der Waals surface area contributed by atoms with Gasteiger partial charge in [-0.1, -0.05) is 56.7 Å². The average Bonchev–Trinajstić information content (AvgIpc) is 2.59. The molecular formula is C21H28BClO3. The number of phenolic OH excluding ortho intramolecular Hbond substituents is 1. The van der Waals surface area contributed by atoms with Crippen LogP contribution < -0.4 is 0 Å². The van der Waals surface area contributed by atoms with Crippen molar-refractivity contribution >= 4 is 24.8 Å². The number of hydrogen-bond acceptors (Lipinski definition) is 3. The van der Waals surface area contributed by atoms with Crippen LogP contribution in [0.25, 0.3) is 6.08 Å². The van der Waals surface area contributed by atoms with E-state index in [1.165, 1.54) is 5.57 Å². The van der Waals surface area contributed by atoms with Gasteiger partial charge in [-0.25, -0.2) is 0 Å². The molecule has 1 aliphatic heterocycles. The van der Waals surface area contributed by atoms with Gasteiger partial charge in [0.2, 0.25) is 0 Å². The van der Waals surface area contributed by atoms with Crippen LogP contribution in [0.1, 0.15) is 45.6 Å². The fourth-order valence-electron chi connectivity index (χ4n) is 3.09. The third kappa shape index (κ3) is 5.50. The first kappa shape index (κ1) is 20.8. The van der Waals surface area contributed by atoms with Crippen LogP contribution in [0.4, 0.5) is 0 Å². The van der Waals surface area contributed by atoms with Crippen LogP contribution in [-0.4, -0.2) is 23.4 Å². The fourth-order valence-corrected chi connectivity index (χ4v) is 3.32. The molecule has 1 aromatic rings. The molecule has 0 spiro atoms. The second kappa shape index (κ2) is 9.45. The molecule has 1 aliphatic rings. The number of hydrogen-bond donors (Lipinski definition) is 2. The lowest BCUT2D eigenvalue weighted by Crippen LogP contribution is -2.32. The molecule has 0 bridgehead atoms. The van der Waals surface area contributed by atoms with Crippen LogP contribution >= 0.6 is 11.6 Å². The highest BCUT2D eigenvalue weighted by Gasteiger charge is 2.28. The molecule has 0 radical (unpaired) electrons. The molecule has 5 heteroatoms. The first-order valence-corrected chi connectivity index (χ1v) is 9.60. The Hall–Kier alpha value is -1.49. The lowest BCUT2D eigenvalue weighted by atomic mass is 9.76. The van der Waals surface area contributed by atoms with E-state index in [1.54, 1.807) is 12.1 Å². The molecule has 2 rings (SSSR count). The number of aromatic hydroxyl groups is 1. The Morgan fingerprint density at radius 3 is 2.81 bits per heavy atom. The minimum Gasteiger partial charge on any atom is -0.508 e. The molecule has 0 aliphatic carbocycles. The van der Waals surface area contributed by atoms with E-state index in [4.69, 9.17) is 16.3 Å². The van der Waals surface area contributed by atoms with E-state index in [-0.39, 0.29) is 11.9 Å². The summed E-state index contributed by atoms with van der Waals surface area (Å²) in [6.45, 7) is 10.6. The molecular weight excluding hydrogens is 346 g/mol. The minimum absolute atomic E-state index is 0.140. The van der Waals surface area contributed by atoms with Gasteiger partial charge < -0.3 is 14.8 Å². The Morgan fingerprint density at radius 1 is 1.46 bits per heavy atom. The number of rotatable bonds is 7. The molecule has 1 atom stereocenters. The van der Waals surface area contributed by atoms with E-state index < -0.39 is 7.12 Å². The summed E-state index contributed by atoms with van der Waals surface area (Å²) >= 11 is 6.22. The van der Waals surface area contributed by atoms with Crippen molar-refractivity contribution in [1.29, 1.82) is 0 Å².